The lowest BCUT2D eigenvalue weighted by Gasteiger charge is -2.42. The molecular weight excluding hydrogens is 384 g/mol. The number of hydrogen-bond acceptors (Lipinski definition) is 3. The van der Waals surface area contributed by atoms with Crippen LogP contribution in [0.4, 0.5) is 0 Å². The van der Waals surface area contributed by atoms with E-state index in [2.05, 4.69) is 69.4 Å². The first-order chi connectivity index (χ1) is 15.2. The van der Waals surface area contributed by atoms with Crippen molar-refractivity contribution in [3.63, 3.8) is 0 Å². The van der Waals surface area contributed by atoms with Gasteiger partial charge in [-0.25, -0.2) is 4.98 Å². The van der Waals surface area contributed by atoms with Crippen molar-refractivity contribution in [1.29, 1.82) is 0 Å². The van der Waals surface area contributed by atoms with Crippen LogP contribution in [0.2, 0.25) is 0 Å². The maximum Gasteiger partial charge on any atom is 0.217 e. The van der Waals surface area contributed by atoms with Gasteiger partial charge in [0.25, 0.3) is 0 Å². The fourth-order valence-electron chi connectivity index (χ4n) is 5.38. The summed E-state index contributed by atoms with van der Waals surface area (Å²) in [7, 11) is 0. The summed E-state index contributed by atoms with van der Waals surface area (Å²) >= 11 is 0. The predicted octanol–water partition coefficient (Wildman–Crippen LogP) is 3.66. The van der Waals surface area contributed by atoms with Crippen LogP contribution in [0.5, 0.6) is 0 Å². The molecule has 2 aromatic carbocycles. The number of likely N-dealkylation sites (tertiary alicyclic amines) is 1. The van der Waals surface area contributed by atoms with Crippen molar-refractivity contribution in [2.45, 2.75) is 51.2 Å². The normalized spacial score (nSPS) is 17.6. The van der Waals surface area contributed by atoms with Crippen LogP contribution in [0.1, 0.15) is 48.0 Å². The van der Waals surface area contributed by atoms with Gasteiger partial charge >= 0.3 is 0 Å². The van der Waals surface area contributed by atoms with Gasteiger partial charge in [0.1, 0.15) is 5.82 Å². The Bertz CT molecular complexity index is 1060. The molecule has 1 spiro atoms. The first-order valence-electron chi connectivity index (χ1n) is 11.3. The van der Waals surface area contributed by atoms with Crippen molar-refractivity contribution in [2.75, 3.05) is 13.1 Å². The van der Waals surface area contributed by atoms with Crippen molar-refractivity contribution >= 4 is 5.91 Å². The van der Waals surface area contributed by atoms with Gasteiger partial charge in [-0.2, -0.15) is 0 Å². The molecule has 3 heterocycles. The van der Waals surface area contributed by atoms with E-state index in [4.69, 9.17) is 4.98 Å². The maximum atomic E-state index is 11.5. The maximum absolute atomic E-state index is 11.5. The van der Waals surface area contributed by atoms with Crippen LogP contribution in [0, 0.1) is 0 Å². The zero-order valence-electron chi connectivity index (χ0n) is 18.2. The molecule has 0 unspecified atom stereocenters. The highest BCUT2D eigenvalue weighted by atomic mass is 16.1. The van der Waals surface area contributed by atoms with Gasteiger partial charge in [0, 0.05) is 20.0 Å². The van der Waals surface area contributed by atoms with Crippen LogP contribution in [0.15, 0.2) is 60.8 Å². The minimum absolute atomic E-state index is 0.00334. The fraction of sp³-hybridized carbons (Fsp3) is 0.385. The smallest absolute Gasteiger partial charge is 0.217 e. The van der Waals surface area contributed by atoms with E-state index in [1.165, 1.54) is 22.5 Å². The molecule has 1 amide bonds. The number of nitrogens with zero attached hydrogens (tertiary/aromatic N) is 3. The summed E-state index contributed by atoms with van der Waals surface area (Å²) in [4.78, 5) is 19.0. The Labute approximate surface area is 184 Å². The minimum Gasteiger partial charge on any atom is -0.351 e. The molecule has 1 N–H and O–H groups in total. The number of hydrogen-bond donors (Lipinski definition) is 1. The number of aryl methyl sites for hydroxylation is 1. The Kier molecular flexibility index (Phi) is 5.36. The Balaban J connectivity index is 1.47. The van der Waals surface area contributed by atoms with Crippen molar-refractivity contribution in [3.05, 3.63) is 89.0 Å². The first-order valence-corrected chi connectivity index (χ1v) is 11.3. The largest absolute Gasteiger partial charge is 0.351 e. The molecule has 0 aliphatic carbocycles. The van der Waals surface area contributed by atoms with Gasteiger partial charge in [-0.15, -0.1) is 0 Å². The second-order valence-electron chi connectivity index (χ2n) is 8.89. The second-order valence-corrected chi connectivity index (χ2v) is 8.89. The summed E-state index contributed by atoms with van der Waals surface area (Å²) in [5, 5.41) is 2.96. The number of carbonyl (C=O) groups excluding carboxylic acids is 1. The van der Waals surface area contributed by atoms with Gasteiger partial charge in [0.05, 0.1) is 23.9 Å². The molecular formula is C26H30N4O. The molecule has 5 heteroatoms. The van der Waals surface area contributed by atoms with E-state index in [1.807, 2.05) is 6.20 Å². The molecule has 5 rings (SSSR count). The van der Waals surface area contributed by atoms with Gasteiger partial charge in [0.15, 0.2) is 0 Å². The molecule has 3 aromatic rings. The summed E-state index contributed by atoms with van der Waals surface area (Å²) in [5.74, 6) is 1.17. The van der Waals surface area contributed by atoms with Gasteiger partial charge in [-0.1, -0.05) is 54.6 Å². The first kappa shape index (κ1) is 20.0. The van der Waals surface area contributed by atoms with Crippen molar-refractivity contribution in [1.82, 2.24) is 19.8 Å². The van der Waals surface area contributed by atoms with Gasteiger partial charge in [-0.05, 0) is 49.0 Å². The predicted molar refractivity (Wildman–Crippen MR) is 122 cm³/mol. The topological polar surface area (TPSA) is 50.2 Å². The lowest BCUT2D eigenvalue weighted by molar-refractivity contribution is -0.119. The SMILES string of the molecule is CC(=O)NCc1cnc2n1CCc1ccccc1C21CCN(Cc2ccccc2)CC1. The third kappa shape index (κ3) is 3.79. The third-order valence-corrected chi connectivity index (χ3v) is 6.98. The molecule has 2 aliphatic heterocycles. The molecule has 2 aliphatic rings. The standard InChI is InChI=1S/C26H30N4O/c1-20(31)27-17-23-18-28-25-26(24-10-6-5-9-22(24)11-14-30(23)25)12-15-29(16-13-26)19-21-7-3-2-4-8-21/h2-10,18H,11-17,19H2,1H3,(H,27,31). The number of amides is 1. The van der Waals surface area contributed by atoms with Crippen LogP contribution < -0.4 is 5.32 Å². The molecule has 5 nitrogen and oxygen atoms in total. The lowest BCUT2D eigenvalue weighted by atomic mass is 9.70. The van der Waals surface area contributed by atoms with E-state index in [-0.39, 0.29) is 11.3 Å². The molecule has 160 valence electrons. The highest BCUT2D eigenvalue weighted by Gasteiger charge is 2.44. The monoisotopic (exact) mass is 414 g/mol. The zero-order chi connectivity index (χ0) is 21.3. The van der Waals surface area contributed by atoms with E-state index in [0.29, 0.717) is 6.54 Å². The second kappa shape index (κ2) is 8.31. The Morgan fingerprint density at radius 3 is 2.55 bits per heavy atom. The molecule has 0 bridgehead atoms. The number of benzene rings is 2. The molecule has 1 fully saturated rings. The van der Waals surface area contributed by atoms with Crippen molar-refractivity contribution in [3.8, 4) is 0 Å². The average Bonchev–Trinajstić information content (AvgIpc) is 3.16. The number of carbonyl (C=O) groups is 1. The van der Waals surface area contributed by atoms with E-state index >= 15 is 0 Å². The van der Waals surface area contributed by atoms with E-state index in [1.54, 1.807) is 6.92 Å². The van der Waals surface area contributed by atoms with Crippen LogP contribution in [0.3, 0.4) is 0 Å². The van der Waals surface area contributed by atoms with E-state index in [0.717, 1.165) is 51.1 Å². The summed E-state index contributed by atoms with van der Waals surface area (Å²) in [6.45, 7) is 6.13. The summed E-state index contributed by atoms with van der Waals surface area (Å²) in [6.07, 6.45) is 5.10. The highest BCUT2D eigenvalue weighted by Crippen LogP contribution is 2.44. The molecule has 1 saturated heterocycles. The summed E-state index contributed by atoms with van der Waals surface area (Å²) < 4.78 is 2.38. The van der Waals surface area contributed by atoms with Gasteiger partial charge < -0.3 is 9.88 Å². The van der Waals surface area contributed by atoms with Crippen molar-refractivity contribution in [2.24, 2.45) is 0 Å². The lowest BCUT2D eigenvalue weighted by Crippen LogP contribution is -2.44. The Morgan fingerprint density at radius 2 is 1.77 bits per heavy atom. The van der Waals surface area contributed by atoms with Crippen LogP contribution in [-0.4, -0.2) is 33.4 Å². The van der Waals surface area contributed by atoms with E-state index < -0.39 is 0 Å². The number of rotatable bonds is 4. The molecule has 0 radical (unpaired) electrons. The highest BCUT2D eigenvalue weighted by molar-refractivity contribution is 5.72. The van der Waals surface area contributed by atoms with Gasteiger partial charge in [0.2, 0.25) is 5.91 Å². The molecule has 0 atom stereocenters. The van der Waals surface area contributed by atoms with Gasteiger partial charge in [-0.3, -0.25) is 9.69 Å². The number of fused-ring (bicyclic) bond motifs is 4. The Hall–Kier alpha value is -2.92. The van der Waals surface area contributed by atoms with Crippen LogP contribution in [-0.2, 0) is 36.3 Å². The quantitative estimate of drug-likeness (QED) is 0.709. The Morgan fingerprint density at radius 1 is 1.03 bits per heavy atom. The molecule has 0 saturated carbocycles. The van der Waals surface area contributed by atoms with Crippen molar-refractivity contribution < 1.29 is 4.79 Å². The fourth-order valence-corrected chi connectivity index (χ4v) is 5.38. The molecule has 1 aromatic heterocycles. The number of nitrogens with one attached hydrogen (secondary N) is 1. The molecule has 31 heavy (non-hydrogen) atoms. The summed E-state index contributed by atoms with van der Waals surface area (Å²) in [5.41, 5.74) is 5.30. The minimum atomic E-state index is -0.0608. The van der Waals surface area contributed by atoms with Crippen LogP contribution >= 0.6 is 0 Å². The third-order valence-electron chi connectivity index (χ3n) is 6.98. The average molecular weight is 415 g/mol. The van der Waals surface area contributed by atoms with Crippen LogP contribution in [0.25, 0.3) is 0 Å². The number of imidazole rings is 1. The number of aromatic nitrogens is 2. The van der Waals surface area contributed by atoms with E-state index in [9.17, 15) is 4.79 Å². The summed E-state index contributed by atoms with van der Waals surface area (Å²) in [6, 6.07) is 19.7. The zero-order valence-corrected chi connectivity index (χ0v) is 18.2. The number of piperidine rings is 1.